The van der Waals surface area contributed by atoms with Crippen molar-refractivity contribution in [3.63, 3.8) is 0 Å². The van der Waals surface area contributed by atoms with Crippen LogP contribution in [0.4, 0.5) is 11.6 Å². The van der Waals surface area contributed by atoms with Gasteiger partial charge >= 0.3 is 5.91 Å². The Morgan fingerprint density at radius 3 is 2.33 bits per heavy atom. The van der Waals surface area contributed by atoms with Gasteiger partial charge < -0.3 is 24.5 Å². The summed E-state index contributed by atoms with van der Waals surface area (Å²) in [6.45, 7) is 4.67. The van der Waals surface area contributed by atoms with Crippen molar-refractivity contribution in [1.29, 1.82) is 0 Å². The maximum atomic E-state index is 13.5. The minimum atomic E-state index is -0.907. The second-order valence-corrected chi connectivity index (χ2v) is 10.3. The Labute approximate surface area is 232 Å². The Hall–Kier alpha value is -4.79. The molecule has 1 fully saturated rings. The molecule has 9 heteroatoms. The molecule has 1 atom stereocenters. The summed E-state index contributed by atoms with van der Waals surface area (Å²) in [6, 6.07) is 18.7. The SMILES string of the molecule is COc1ccc2nc(N3C(=O)C(=O)/C(=C(/O)c4ccc(OCC(C)C)cc4)C3c3ccc(N(C)C)cc3)[nH]c2c1. The van der Waals surface area contributed by atoms with E-state index in [1.807, 2.05) is 43.3 Å². The lowest BCUT2D eigenvalue weighted by molar-refractivity contribution is -0.132. The number of carbonyl (C=O) groups excluding carboxylic acids is 2. The molecule has 0 radical (unpaired) electrons. The molecule has 1 unspecified atom stereocenters. The van der Waals surface area contributed by atoms with Gasteiger partial charge in [-0.25, -0.2) is 4.98 Å². The van der Waals surface area contributed by atoms with Gasteiger partial charge in [0.2, 0.25) is 5.95 Å². The largest absolute Gasteiger partial charge is 0.507 e. The van der Waals surface area contributed by atoms with Crippen LogP contribution < -0.4 is 19.3 Å². The van der Waals surface area contributed by atoms with Gasteiger partial charge in [-0.05, 0) is 60.0 Å². The Balaban J connectivity index is 1.62. The fourth-order valence-corrected chi connectivity index (χ4v) is 4.66. The quantitative estimate of drug-likeness (QED) is 0.177. The number of H-pyrrole nitrogens is 1. The third-order valence-electron chi connectivity index (χ3n) is 6.79. The molecule has 5 rings (SSSR count). The number of carbonyl (C=O) groups is 2. The van der Waals surface area contributed by atoms with Crippen LogP contribution in [0.3, 0.4) is 0 Å². The Bertz CT molecular complexity index is 1590. The summed E-state index contributed by atoms with van der Waals surface area (Å²) in [4.78, 5) is 38.1. The predicted molar refractivity (Wildman–Crippen MR) is 155 cm³/mol. The maximum absolute atomic E-state index is 13.5. The van der Waals surface area contributed by atoms with Gasteiger partial charge in [0.05, 0.1) is 36.4 Å². The van der Waals surface area contributed by atoms with E-state index in [1.165, 1.54) is 4.90 Å². The number of rotatable bonds is 8. The lowest BCUT2D eigenvalue weighted by Gasteiger charge is -2.24. The van der Waals surface area contributed by atoms with Crippen LogP contribution in [-0.2, 0) is 9.59 Å². The van der Waals surface area contributed by atoms with E-state index in [4.69, 9.17) is 9.47 Å². The van der Waals surface area contributed by atoms with Crippen molar-refractivity contribution in [1.82, 2.24) is 9.97 Å². The second kappa shape index (κ2) is 10.8. The molecule has 1 saturated heterocycles. The molecule has 0 spiro atoms. The van der Waals surface area contributed by atoms with Crippen LogP contribution in [0.5, 0.6) is 11.5 Å². The lowest BCUT2D eigenvalue weighted by atomic mass is 9.95. The Morgan fingerprint density at radius 1 is 1.02 bits per heavy atom. The zero-order chi connectivity index (χ0) is 28.6. The van der Waals surface area contributed by atoms with E-state index in [1.54, 1.807) is 49.6 Å². The van der Waals surface area contributed by atoms with E-state index in [9.17, 15) is 14.7 Å². The number of ether oxygens (including phenoxy) is 2. The fraction of sp³-hybridized carbons (Fsp3) is 0.258. The monoisotopic (exact) mass is 540 g/mol. The van der Waals surface area contributed by atoms with Gasteiger partial charge in [0, 0.05) is 31.4 Å². The first kappa shape index (κ1) is 26.8. The molecule has 206 valence electrons. The van der Waals surface area contributed by atoms with E-state index >= 15 is 0 Å². The molecular formula is C31H32N4O5. The zero-order valence-electron chi connectivity index (χ0n) is 23.1. The van der Waals surface area contributed by atoms with Crippen LogP contribution in [0.1, 0.15) is 31.0 Å². The van der Waals surface area contributed by atoms with Gasteiger partial charge in [-0.15, -0.1) is 0 Å². The smallest absolute Gasteiger partial charge is 0.302 e. The number of fused-ring (bicyclic) bond motifs is 1. The van der Waals surface area contributed by atoms with E-state index in [0.717, 1.165) is 5.69 Å². The number of hydrogen-bond acceptors (Lipinski definition) is 7. The van der Waals surface area contributed by atoms with Crippen LogP contribution in [-0.4, -0.2) is 54.6 Å². The fourth-order valence-electron chi connectivity index (χ4n) is 4.66. The molecule has 9 nitrogen and oxygen atoms in total. The highest BCUT2D eigenvalue weighted by Gasteiger charge is 2.48. The molecule has 1 aromatic heterocycles. The molecule has 0 saturated carbocycles. The predicted octanol–water partition coefficient (Wildman–Crippen LogP) is 5.30. The number of amides is 1. The standard InChI is InChI=1S/C31H32N4O5/c1-18(2)17-40-22-12-8-20(9-13-22)28(36)26-27(19-6-10-21(11-7-19)34(3)4)35(30(38)29(26)37)31-32-24-15-14-23(39-5)16-25(24)33-31/h6-16,18,27,36H,17H2,1-5H3,(H,32,33)/b28-26+. The maximum Gasteiger partial charge on any atom is 0.302 e. The number of hydrogen-bond donors (Lipinski definition) is 2. The van der Waals surface area contributed by atoms with Crippen molar-refractivity contribution in [3.05, 3.63) is 83.4 Å². The van der Waals surface area contributed by atoms with Crippen molar-refractivity contribution in [2.24, 2.45) is 5.92 Å². The van der Waals surface area contributed by atoms with Crippen molar-refractivity contribution >= 4 is 40.1 Å². The summed E-state index contributed by atoms with van der Waals surface area (Å²) >= 11 is 0. The summed E-state index contributed by atoms with van der Waals surface area (Å²) in [5.41, 5.74) is 3.25. The minimum absolute atomic E-state index is 0.0171. The third-order valence-corrected chi connectivity index (χ3v) is 6.79. The highest BCUT2D eigenvalue weighted by atomic mass is 16.5. The number of aliphatic hydroxyl groups excluding tert-OH is 1. The normalized spacial score (nSPS) is 16.6. The van der Waals surface area contributed by atoms with Crippen LogP contribution in [0, 0.1) is 5.92 Å². The van der Waals surface area contributed by atoms with Gasteiger partial charge in [-0.2, -0.15) is 0 Å². The second-order valence-electron chi connectivity index (χ2n) is 10.3. The van der Waals surface area contributed by atoms with Gasteiger partial charge in [-0.1, -0.05) is 26.0 Å². The highest BCUT2D eigenvalue weighted by molar-refractivity contribution is 6.51. The molecule has 40 heavy (non-hydrogen) atoms. The number of aliphatic hydroxyl groups is 1. The van der Waals surface area contributed by atoms with E-state index in [-0.39, 0.29) is 17.3 Å². The first-order valence-corrected chi connectivity index (χ1v) is 13.0. The summed E-state index contributed by atoms with van der Waals surface area (Å²) in [5, 5.41) is 11.4. The molecule has 2 N–H and O–H groups in total. The zero-order valence-corrected chi connectivity index (χ0v) is 23.1. The lowest BCUT2D eigenvalue weighted by Crippen LogP contribution is -2.30. The average Bonchev–Trinajstić information content (AvgIpc) is 3.49. The number of Topliss-reactive ketones (excluding diaryl/α,β-unsaturated/α-hetero) is 1. The van der Waals surface area contributed by atoms with Gasteiger partial charge in [-0.3, -0.25) is 14.5 Å². The molecule has 1 aliphatic rings. The number of nitrogens with zero attached hydrogens (tertiary/aromatic N) is 3. The van der Waals surface area contributed by atoms with Crippen molar-refractivity contribution in [2.45, 2.75) is 19.9 Å². The number of aromatic amines is 1. The van der Waals surface area contributed by atoms with Crippen LogP contribution >= 0.6 is 0 Å². The van der Waals surface area contributed by atoms with Crippen molar-refractivity contribution in [2.75, 3.05) is 37.6 Å². The third kappa shape index (κ3) is 4.98. The van der Waals surface area contributed by atoms with Gasteiger partial charge in [0.25, 0.3) is 5.78 Å². The Morgan fingerprint density at radius 2 is 1.70 bits per heavy atom. The van der Waals surface area contributed by atoms with Crippen LogP contribution in [0.25, 0.3) is 16.8 Å². The van der Waals surface area contributed by atoms with Crippen LogP contribution in [0.2, 0.25) is 0 Å². The molecule has 1 amide bonds. The summed E-state index contributed by atoms with van der Waals surface area (Å²) in [5.74, 6) is -0.00865. The molecule has 2 heterocycles. The number of aromatic nitrogens is 2. The first-order chi connectivity index (χ1) is 19.2. The number of nitrogens with one attached hydrogen (secondary N) is 1. The average molecular weight is 541 g/mol. The van der Waals surface area contributed by atoms with E-state index in [2.05, 4.69) is 23.8 Å². The molecule has 1 aliphatic heterocycles. The first-order valence-electron chi connectivity index (χ1n) is 13.0. The van der Waals surface area contributed by atoms with Crippen molar-refractivity contribution < 1.29 is 24.2 Å². The topological polar surface area (TPSA) is 108 Å². The summed E-state index contributed by atoms with van der Waals surface area (Å²) in [6.07, 6.45) is 0. The van der Waals surface area contributed by atoms with Gasteiger partial charge in [0.1, 0.15) is 17.3 Å². The molecule has 0 bridgehead atoms. The highest BCUT2D eigenvalue weighted by Crippen LogP contribution is 2.42. The van der Waals surface area contributed by atoms with E-state index < -0.39 is 17.7 Å². The number of benzene rings is 3. The van der Waals surface area contributed by atoms with E-state index in [0.29, 0.717) is 46.2 Å². The Kier molecular flexibility index (Phi) is 7.21. The van der Waals surface area contributed by atoms with Gasteiger partial charge in [0.15, 0.2) is 0 Å². The number of anilines is 2. The summed E-state index contributed by atoms with van der Waals surface area (Å²) < 4.78 is 11.1. The molecule has 3 aromatic carbocycles. The minimum Gasteiger partial charge on any atom is -0.507 e. The number of imidazole rings is 1. The number of ketones is 1. The number of methoxy groups -OCH3 is 1. The van der Waals surface area contributed by atoms with Crippen LogP contribution in [0.15, 0.2) is 72.3 Å². The molecular weight excluding hydrogens is 508 g/mol. The van der Waals surface area contributed by atoms with Crippen molar-refractivity contribution in [3.8, 4) is 11.5 Å². The summed E-state index contributed by atoms with van der Waals surface area (Å²) in [7, 11) is 5.42. The molecule has 4 aromatic rings. The molecule has 0 aliphatic carbocycles.